The highest BCUT2D eigenvalue weighted by molar-refractivity contribution is 6.06. The van der Waals surface area contributed by atoms with E-state index in [1.807, 2.05) is 32.0 Å². The van der Waals surface area contributed by atoms with Crippen LogP contribution in [0.25, 0.3) is 21.9 Å². The van der Waals surface area contributed by atoms with Crippen molar-refractivity contribution in [2.24, 2.45) is 22.8 Å². The zero-order valence-corrected chi connectivity index (χ0v) is 36.4. The van der Waals surface area contributed by atoms with Crippen LogP contribution in [0.3, 0.4) is 0 Å². The van der Waals surface area contributed by atoms with Crippen LogP contribution in [0.2, 0.25) is 0 Å². The number of ether oxygens (including phenoxy) is 1. The molecule has 5 aromatic rings. The normalized spacial score (nSPS) is 14.2. The number of nitrogens with one attached hydrogen (secondary N) is 3. The fraction of sp³-hybridized carbons (Fsp3) is 0.447. The zero-order chi connectivity index (χ0) is 44.4. The van der Waals surface area contributed by atoms with Gasteiger partial charge in [0.15, 0.2) is 5.82 Å². The summed E-state index contributed by atoms with van der Waals surface area (Å²) in [5.74, 6) is 0.435. The van der Waals surface area contributed by atoms with Crippen LogP contribution >= 0.6 is 0 Å². The maximum Gasteiger partial charge on any atom is 0.410 e. The van der Waals surface area contributed by atoms with Crippen molar-refractivity contribution in [2.75, 3.05) is 24.1 Å². The van der Waals surface area contributed by atoms with Gasteiger partial charge in [0.2, 0.25) is 11.8 Å². The Labute approximate surface area is 363 Å². The van der Waals surface area contributed by atoms with Gasteiger partial charge < -0.3 is 47.4 Å². The second kappa shape index (κ2) is 20.6. The highest BCUT2D eigenvalue weighted by Crippen LogP contribution is 2.41. The van der Waals surface area contributed by atoms with Crippen molar-refractivity contribution in [1.29, 1.82) is 0 Å². The molecule has 1 aliphatic carbocycles. The first-order chi connectivity index (χ1) is 29.7. The van der Waals surface area contributed by atoms with Gasteiger partial charge in [-0.3, -0.25) is 9.59 Å². The smallest absolute Gasteiger partial charge is 0.410 e. The molecule has 9 N–H and O–H groups in total. The van der Waals surface area contributed by atoms with E-state index in [-0.39, 0.29) is 30.9 Å². The number of hydrogen-bond donors (Lipinski definition) is 6. The summed E-state index contributed by atoms with van der Waals surface area (Å²) in [6.07, 6.45) is 6.41. The van der Waals surface area contributed by atoms with E-state index in [4.69, 9.17) is 26.9 Å². The Kier molecular flexibility index (Phi) is 15.0. The first kappa shape index (κ1) is 45.3. The van der Waals surface area contributed by atoms with Crippen LogP contribution in [0.4, 0.5) is 21.1 Å². The third kappa shape index (κ3) is 11.6. The number of pyridine rings is 1. The maximum atomic E-state index is 13.8. The number of nitrogens with zero attached hydrogens (tertiary/aromatic N) is 4. The average molecular weight is 847 g/mol. The molecule has 3 aromatic carbocycles. The standard InChI is InChI=1S/C47H62N10O5/c1-5-6-14-38-55-40-41(35-11-7-8-12-36(35)53-42(40)49)57(38)27-32-17-15-31(16-18-32)26-56(29-47(4)23-10-24-47)46(61)62-28-33-19-21-34(22-20-33)52-43(58)37(13-9-25-51-45(50)60)54-44(59)39(48)30(2)3/h7-8,11-12,15-22,30,37,39H,5-6,9-10,13-14,23-29,48H2,1-4H3,(H2,49,53)(H,52,58)(H,54,59)(H3,50,51,60)/t37-,39-/m0/s1. The lowest BCUT2D eigenvalue weighted by Crippen LogP contribution is -2.51. The molecule has 2 atom stereocenters. The number of aromatic nitrogens is 3. The minimum Gasteiger partial charge on any atom is -0.445 e. The van der Waals surface area contributed by atoms with Crippen LogP contribution < -0.4 is 33.2 Å². The minimum absolute atomic E-state index is 0.0329. The van der Waals surface area contributed by atoms with Crippen LogP contribution in [0, 0.1) is 11.3 Å². The largest absolute Gasteiger partial charge is 0.445 e. The quantitative estimate of drug-likeness (QED) is 0.0456. The third-order valence-corrected chi connectivity index (χ3v) is 11.8. The first-order valence-corrected chi connectivity index (χ1v) is 21.8. The van der Waals surface area contributed by atoms with Crippen molar-refractivity contribution in [3.63, 3.8) is 0 Å². The van der Waals surface area contributed by atoms with Crippen LogP contribution in [0.1, 0.15) is 95.2 Å². The second-order valence-corrected chi connectivity index (χ2v) is 17.3. The summed E-state index contributed by atoms with van der Waals surface area (Å²) in [6.45, 7) is 9.95. The van der Waals surface area contributed by atoms with Crippen LogP contribution in [0.15, 0.2) is 72.8 Å². The number of aryl methyl sites for hydroxylation is 1. The molecule has 15 heteroatoms. The van der Waals surface area contributed by atoms with Gasteiger partial charge in [-0.1, -0.05) is 95.1 Å². The van der Waals surface area contributed by atoms with E-state index < -0.39 is 36.0 Å². The molecule has 330 valence electrons. The molecular weight excluding hydrogens is 785 g/mol. The summed E-state index contributed by atoms with van der Waals surface area (Å²) in [5.41, 5.74) is 23.6. The molecule has 6 rings (SSSR count). The van der Waals surface area contributed by atoms with Crippen molar-refractivity contribution in [3.8, 4) is 0 Å². The lowest BCUT2D eigenvalue weighted by Gasteiger charge is -2.42. The number of imidazole rings is 1. The molecule has 0 aliphatic heterocycles. The molecule has 1 aliphatic rings. The Hall–Kier alpha value is -6.22. The maximum absolute atomic E-state index is 13.8. The number of carbonyl (C=O) groups excluding carboxylic acids is 4. The molecule has 0 spiro atoms. The van der Waals surface area contributed by atoms with Crippen LogP contribution in [-0.4, -0.2) is 68.5 Å². The number of hydrogen-bond acceptors (Lipinski definition) is 9. The number of para-hydroxylation sites is 1. The summed E-state index contributed by atoms with van der Waals surface area (Å²) < 4.78 is 8.17. The summed E-state index contributed by atoms with van der Waals surface area (Å²) >= 11 is 0. The number of amides is 5. The summed E-state index contributed by atoms with van der Waals surface area (Å²) in [6, 6.07) is 21.1. The fourth-order valence-corrected chi connectivity index (χ4v) is 7.85. The minimum atomic E-state index is -0.888. The zero-order valence-electron chi connectivity index (χ0n) is 36.4. The number of anilines is 2. The molecule has 5 amide bonds. The molecule has 62 heavy (non-hydrogen) atoms. The van der Waals surface area contributed by atoms with Gasteiger partial charge in [-0.05, 0) is 78.3 Å². The molecule has 0 radical (unpaired) electrons. The Morgan fingerprint density at radius 2 is 1.61 bits per heavy atom. The van der Waals surface area contributed by atoms with Gasteiger partial charge in [0.1, 0.15) is 24.0 Å². The average Bonchev–Trinajstić information content (AvgIpc) is 3.61. The molecule has 1 fully saturated rings. The second-order valence-electron chi connectivity index (χ2n) is 17.3. The van der Waals surface area contributed by atoms with Gasteiger partial charge in [-0.15, -0.1) is 0 Å². The molecule has 1 saturated carbocycles. The van der Waals surface area contributed by atoms with E-state index in [0.29, 0.717) is 37.6 Å². The Balaban J connectivity index is 1.10. The number of primary amides is 1. The van der Waals surface area contributed by atoms with Gasteiger partial charge in [-0.25, -0.2) is 19.6 Å². The van der Waals surface area contributed by atoms with E-state index in [1.54, 1.807) is 29.2 Å². The van der Waals surface area contributed by atoms with Gasteiger partial charge in [0, 0.05) is 43.7 Å². The predicted octanol–water partition coefficient (Wildman–Crippen LogP) is 6.74. The SMILES string of the molecule is CCCCc1nc2c(N)nc3ccccc3c2n1Cc1ccc(CN(CC2(C)CCC2)C(=O)OCc2ccc(NC(=O)[C@H](CCCNC(N)=O)NC(=O)[C@@H](N)C(C)C)cc2)cc1. The number of rotatable bonds is 20. The lowest BCUT2D eigenvalue weighted by molar-refractivity contribution is -0.128. The number of urea groups is 1. The lowest BCUT2D eigenvalue weighted by atomic mass is 9.70. The number of benzene rings is 3. The van der Waals surface area contributed by atoms with Gasteiger partial charge >= 0.3 is 12.1 Å². The Bertz CT molecular complexity index is 2340. The number of nitrogen functional groups attached to an aromatic ring is 1. The van der Waals surface area contributed by atoms with Crippen molar-refractivity contribution >= 4 is 57.4 Å². The Morgan fingerprint density at radius 1 is 0.919 bits per heavy atom. The van der Waals surface area contributed by atoms with Gasteiger partial charge in [0.05, 0.1) is 17.1 Å². The number of fused-ring (bicyclic) bond motifs is 3. The van der Waals surface area contributed by atoms with Crippen molar-refractivity contribution in [2.45, 2.75) is 111 Å². The first-order valence-electron chi connectivity index (χ1n) is 21.8. The molecule has 0 unspecified atom stereocenters. The van der Waals surface area contributed by atoms with E-state index in [1.165, 1.54) is 0 Å². The van der Waals surface area contributed by atoms with Crippen LogP contribution in [0.5, 0.6) is 0 Å². The molecule has 0 saturated heterocycles. The highest BCUT2D eigenvalue weighted by atomic mass is 16.6. The van der Waals surface area contributed by atoms with E-state index in [0.717, 1.165) is 83.0 Å². The van der Waals surface area contributed by atoms with Crippen LogP contribution in [-0.2, 0) is 40.4 Å². The van der Waals surface area contributed by atoms with Crippen molar-refractivity contribution in [3.05, 3.63) is 95.3 Å². The molecule has 15 nitrogen and oxygen atoms in total. The summed E-state index contributed by atoms with van der Waals surface area (Å²) in [5, 5.41) is 9.11. The molecule has 2 heterocycles. The summed E-state index contributed by atoms with van der Waals surface area (Å²) in [7, 11) is 0. The van der Waals surface area contributed by atoms with E-state index in [9.17, 15) is 19.2 Å². The fourth-order valence-electron chi connectivity index (χ4n) is 7.85. The molecule has 2 aromatic heterocycles. The third-order valence-electron chi connectivity index (χ3n) is 11.8. The predicted molar refractivity (Wildman–Crippen MR) is 243 cm³/mol. The van der Waals surface area contributed by atoms with E-state index in [2.05, 4.69) is 69.7 Å². The summed E-state index contributed by atoms with van der Waals surface area (Å²) in [4.78, 5) is 62.3. The van der Waals surface area contributed by atoms with Gasteiger partial charge in [0.25, 0.3) is 0 Å². The number of carbonyl (C=O) groups is 4. The highest BCUT2D eigenvalue weighted by Gasteiger charge is 2.35. The molecule has 0 bridgehead atoms. The number of unbranched alkanes of at least 4 members (excludes halogenated alkanes) is 1. The molecular formula is C47H62N10O5. The topological polar surface area (TPSA) is 226 Å². The number of nitrogens with two attached hydrogens (primary N) is 3. The van der Waals surface area contributed by atoms with Crippen molar-refractivity contribution in [1.82, 2.24) is 30.1 Å². The van der Waals surface area contributed by atoms with Crippen molar-refractivity contribution < 1.29 is 23.9 Å². The monoisotopic (exact) mass is 846 g/mol. The van der Waals surface area contributed by atoms with Gasteiger partial charge in [-0.2, -0.15) is 0 Å². The Morgan fingerprint density at radius 3 is 2.27 bits per heavy atom. The van der Waals surface area contributed by atoms with E-state index >= 15 is 0 Å².